The largest absolute Gasteiger partial charge is 0.497 e. The first-order valence-corrected chi connectivity index (χ1v) is 10.9. The number of nitrogens with one attached hydrogen (secondary N) is 2. The van der Waals surface area contributed by atoms with E-state index in [0.717, 1.165) is 5.69 Å². The van der Waals surface area contributed by atoms with Gasteiger partial charge < -0.3 is 14.8 Å². The van der Waals surface area contributed by atoms with Gasteiger partial charge in [-0.05, 0) is 43.3 Å². The molecule has 0 unspecified atom stereocenters. The molecule has 0 aliphatic rings. The Morgan fingerprint density at radius 1 is 1.09 bits per heavy atom. The van der Waals surface area contributed by atoms with E-state index in [2.05, 4.69) is 15.1 Å². The summed E-state index contributed by atoms with van der Waals surface area (Å²) in [5.41, 5.74) is 0.711. The summed E-state index contributed by atoms with van der Waals surface area (Å²) in [6.07, 6.45) is 0. The maximum absolute atomic E-state index is 12.7. The zero-order valence-corrected chi connectivity index (χ0v) is 18.5. The van der Waals surface area contributed by atoms with Crippen LogP contribution in [0.1, 0.15) is 16.1 Å². The lowest BCUT2D eigenvalue weighted by Crippen LogP contribution is -2.23. The molecule has 3 aromatic rings. The van der Waals surface area contributed by atoms with Crippen molar-refractivity contribution in [3.05, 3.63) is 65.9 Å². The van der Waals surface area contributed by atoms with Crippen molar-refractivity contribution >= 4 is 33.4 Å². The van der Waals surface area contributed by atoms with E-state index < -0.39 is 28.5 Å². The van der Waals surface area contributed by atoms with Gasteiger partial charge in [0.15, 0.2) is 6.61 Å². The molecule has 168 valence electrons. The standard InChI is InChI=1S/C21H22N4O6S/c1-14-12-19(25(2)23-14)22-20(26)13-31-21(27)17-6-4-5-7-18(17)24-32(28,29)16-10-8-15(30-3)9-11-16/h4-12,24H,13H2,1-3H3,(H,22,26). The number of ether oxygens (including phenoxy) is 2. The molecule has 0 fully saturated rings. The van der Waals surface area contributed by atoms with Crippen molar-refractivity contribution in [3.8, 4) is 5.75 Å². The van der Waals surface area contributed by atoms with Crippen LogP contribution in [0.5, 0.6) is 5.75 Å². The first-order valence-electron chi connectivity index (χ1n) is 9.43. The van der Waals surface area contributed by atoms with Crippen LogP contribution in [0.2, 0.25) is 0 Å². The Morgan fingerprint density at radius 3 is 2.41 bits per heavy atom. The minimum atomic E-state index is -3.97. The van der Waals surface area contributed by atoms with E-state index in [9.17, 15) is 18.0 Å². The molecule has 0 bridgehead atoms. The number of methoxy groups -OCH3 is 1. The van der Waals surface area contributed by atoms with Crippen LogP contribution >= 0.6 is 0 Å². The van der Waals surface area contributed by atoms with Crippen molar-refractivity contribution in [1.82, 2.24) is 9.78 Å². The number of para-hydroxylation sites is 1. The highest BCUT2D eigenvalue weighted by atomic mass is 32.2. The van der Waals surface area contributed by atoms with E-state index in [1.165, 1.54) is 48.2 Å². The summed E-state index contributed by atoms with van der Waals surface area (Å²) in [5.74, 6) is -0.448. The first-order chi connectivity index (χ1) is 15.2. The van der Waals surface area contributed by atoms with Gasteiger partial charge in [0.05, 0.1) is 29.0 Å². The van der Waals surface area contributed by atoms with Crippen LogP contribution in [0.25, 0.3) is 0 Å². The van der Waals surface area contributed by atoms with Gasteiger partial charge in [-0.2, -0.15) is 5.10 Å². The van der Waals surface area contributed by atoms with E-state index >= 15 is 0 Å². The van der Waals surface area contributed by atoms with Gasteiger partial charge in [-0.1, -0.05) is 12.1 Å². The zero-order valence-electron chi connectivity index (χ0n) is 17.7. The van der Waals surface area contributed by atoms with Crippen molar-refractivity contribution in [2.24, 2.45) is 7.05 Å². The van der Waals surface area contributed by atoms with Crippen LogP contribution in [0.15, 0.2) is 59.5 Å². The Labute approximate surface area is 185 Å². The average molecular weight is 458 g/mol. The molecule has 3 rings (SSSR count). The Kier molecular flexibility index (Phi) is 6.79. The summed E-state index contributed by atoms with van der Waals surface area (Å²) >= 11 is 0. The van der Waals surface area contributed by atoms with Crippen LogP contribution < -0.4 is 14.8 Å². The molecule has 2 aromatic carbocycles. The molecule has 0 saturated heterocycles. The van der Waals surface area contributed by atoms with Gasteiger partial charge in [0.25, 0.3) is 15.9 Å². The number of amides is 1. The van der Waals surface area contributed by atoms with Crippen molar-refractivity contribution in [2.75, 3.05) is 23.8 Å². The molecule has 11 heteroatoms. The summed E-state index contributed by atoms with van der Waals surface area (Å²) < 4.78 is 39.4. The number of anilines is 2. The number of esters is 1. The second kappa shape index (κ2) is 9.52. The van der Waals surface area contributed by atoms with Crippen molar-refractivity contribution in [2.45, 2.75) is 11.8 Å². The number of carbonyl (C=O) groups excluding carboxylic acids is 2. The van der Waals surface area contributed by atoms with Crippen molar-refractivity contribution in [1.29, 1.82) is 0 Å². The number of aryl methyl sites for hydroxylation is 2. The maximum Gasteiger partial charge on any atom is 0.340 e. The predicted molar refractivity (Wildman–Crippen MR) is 117 cm³/mol. The number of hydrogen-bond acceptors (Lipinski definition) is 7. The third-order valence-electron chi connectivity index (χ3n) is 4.36. The summed E-state index contributed by atoms with van der Waals surface area (Å²) in [5, 5.41) is 6.69. The molecule has 32 heavy (non-hydrogen) atoms. The maximum atomic E-state index is 12.7. The average Bonchev–Trinajstić information content (AvgIpc) is 3.08. The zero-order chi connectivity index (χ0) is 23.3. The number of sulfonamides is 1. The van der Waals surface area contributed by atoms with Gasteiger partial charge in [-0.25, -0.2) is 13.2 Å². The summed E-state index contributed by atoms with van der Waals surface area (Å²) in [7, 11) is -0.831. The van der Waals surface area contributed by atoms with Crippen LogP contribution in [-0.2, 0) is 26.6 Å². The second-order valence-electron chi connectivity index (χ2n) is 6.75. The smallest absolute Gasteiger partial charge is 0.340 e. The Morgan fingerprint density at radius 2 is 1.78 bits per heavy atom. The SMILES string of the molecule is COc1ccc(S(=O)(=O)Nc2ccccc2C(=O)OCC(=O)Nc2cc(C)nn2C)cc1. The minimum Gasteiger partial charge on any atom is -0.497 e. The Balaban J connectivity index is 1.69. The van der Waals surface area contributed by atoms with E-state index in [1.54, 1.807) is 32.2 Å². The van der Waals surface area contributed by atoms with Gasteiger partial charge in [-0.3, -0.25) is 14.2 Å². The molecule has 0 atom stereocenters. The highest BCUT2D eigenvalue weighted by Crippen LogP contribution is 2.22. The lowest BCUT2D eigenvalue weighted by atomic mass is 10.2. The van der Waals surface area contributed by atoms with Crippen LogP contribution in [0.3, 0.4) is 0 Å². The number of benzene rings is 2. The second-order valence-corrected chi connectivity index (χ2v) is 8.43. The van der Waals surface area contributed by atoms with E-state index in [1.807, 2.05) is 0 Å². The molecule has 1 heterocycles. The number of hydrogen-bond donors (Lipinski definition) is 2. The Hall–Kier alpha value is -3.86. The number of nitrogens with zero attached hydrogens (tertiary/aromatic N) is 2. The monoisotopic (exact) mass is 458 g/mol. The molecule has 0 saturated carbocycles. The van der Waals surface area contributed by atoms with E-state index in [-0.39, 0.29) is 16.1 Å². The fraction of sp³-hybridized carbons (Fsp3) is 0.190. The minimum absolute atomic E-state index is 0.00711. The van der Waals surface area contributed by atoms with Crippen LogP contribution in [0, 0.1) is 6.92 Å². The molecule has 0 radical (unpaired) electrons. The number of aromatic nitrogens is 2. The summed E-state index contributed by atoms with van der Waals surface area (Å²) in [6.45, 7) is 1.22. The van der Waals surface area contributed by atoms with Crippen molar-refractivity contribution in [3.63, 3.8) is 0 Å². The molecular weight excluding hydrogens is 436 g/mol. The van der Waals surface area contributed by atoms with E-state index in [0.29, 0.717) is 11.6 Å². The predicted octanol–water partition coefficient (Wildman–Crippen LogP) is 2.33. The third kappa shape index (κ3) is 5.43. The highest BCUT2D eigenvalue weighted by Gasteiger charge is 2.20. The third-order valence-corrected chi connectivity index (χ3v) is 5.75. The highest BCUT2D eigenvalue weighted by molar-refractivity contribution is 7.92. The summed E-state index contributed by atoms with van der Waals surface area (Å²) in [6, 6.07) is 13.4. The normalized spacial score (nSPS) is 11.0. The molecule has 0 aliphatic heterocycles. The quantitative estimate of drug-likeness (QED) is 0.496. The molecule has 1 aromatic heterocycles. The lowest BCUT2D eigenvalue weighted by Gasteiger charge is -2.13. The number of rotatable bonds is 8. The van der Waals surface area contributed by atoms with Gasteiger partial charge in [0, 0.05) is 13.1 Å². The molecule has 1 amide bonds. The summed E-state index contributed by atoms with van der Waals surface area (Å²) in [4.78, 5) is 24.6. The van der Waals surface area contributed by atoms with Gasteiger partial charge >= 0.3 is 5.97 Å². The van der Waals surface area contributed by atoms with E-state index in [4.69, 9.17) is 9.47 Å². The fourth-order valence-corrected chi connectivity index (χ4v) is 3.90. The molecule has 0 aliphatic carbocycles. The lowest BCUT2D eigenvalue weighted by molar-refractivity contribution is -0.119. The number of carbonyl (C=O) groups is 2. The van der Waals surface area contributed by atoms with Crippen molar-refractivity contribution < 1.29 is 27.5 Å². The van der Waals surface area contributed by atoms with Gasteiger partial charge in [-0.15, -0.1) is 0 Å². The van der Waals surface area contributed by atoms with Gasteiger partial charge in [0.2, 0.25) is 0 Å². The van der Waals surface area contributed by atoms with Crippen LogP contribution in [-0.4, -0.2) is 43.8 Å². The topological polar surface area (TPSA) is 129 Å². The fourth-order valence-electron chi connectivity index (χ4n) is 2.82. The van der Waals surface area contributed by atoms with Crippen LogP contribution in [0.4, 0.5) is 11.5 Å². The van der Waals surface area contributed by atoms with Gasteiger partial charge in [0.1, 0.15) is 11.6 Å². The molecule has 2 N–H and O–H groups in total. The Bertz CT molecular complexity index is 1240. The first kappa shape index (κ1) is 22.8. The molecular formula is C21H22N4O6S. The molecule has 10 nitrogen and oxygen atoms in total. The molecule has 0 spiro atoms.